The summed E-state index contributed by atoms with van der Waals surface area (Å²) >= 11 is 0. The van der Waals surface area contributed by atoms with E-state index in [1.807, 2.05) is 13.8 Å². The van der Waals surface area contributed by atoms with E-state index in [-0.39, 0.29) is 30.3 Å². The summed E-state index contributed by atoms with van der Waals surface area (Å²) in [6.45, 7) is 4.11. The molecule has 0 bridgehead atoms. The van der Waals surface area contributed by atoms with Gasteiger partial charge in [0.15, 0.2) is 0 Å². The molecule has 0 saturated heterocycles. The monoisotopic (exact) mass is 336 g/mol. The van der Waals surface area contributed by atoms with Crippen LogP contribution in [0.25, 0.3) is 0 Å². The van der Waals surface area contributed by atoms with Gasteiger partial charge in [-0.3, -0.25) is 9.59 Å². The van der Waals surface area contributed by atoms with Crippen molar-refractivity contribution in [1.29, 1.82) is 0 Å². The van der Waals surface area contributed by atoms with Crippen LogP contribution in [0.3, 0.4) is 0 Å². The van der Waals surface area contributed by atoms with E-state index in [2.05, 4.69) is 10.6 Å². The largest absolute Gasteiger partial charge is 0.380 e. The molecule has 2 rings (SSSR count). The fourth-order valence-corrected chi connectivity index (χ4v) is 2.86. The quantitative estimate of drug-likeness (QED) is 0.743. The highest BCUT2D eigenvalue weighted by molar-refractivity contribution is 5.94. The molecule has 132 valence electrons. The van der Waals surface area contributed by atoms with E-state index < -0.39 is 11.4 Å². The first-order valence-electron chi connectivity index (χ1n) is 8.39. The number of carbonyl (C=O) groups is 2. The van der Waals surface area contributed by atoms with Gasteiger partial charge in [0, 0.05) is 18.2 Å². The zero-order valence-electron chi connectivity index (χ0n) is 14.1. The Bertz CT molecular complexity index is 580. The van der Waals surface area contributed by atoms with Gasteiger partial charge in [-0.05, 0) is 55.9 Å². The molecule has 1 aliphatic rings. The minimum absolute atomic E-state index is 0.0907. The molecule has 0 aliphatic heterocycles. The van der Waals surface area contributed by atoms with Crippen LogP contribution in [0.5, 0.6) is 0 Å². The van der Waals surface area contributed by atoms with Crippen LogP contribution >= 0.6 is 0 Å². The van der Waals surface area contributed by atoms with Crippen LogP contribution in [0.1, 0.15) is 49.9 Å². The number of aliphatic hydroxyl groups is 1. The van der Waals surface area contributed by atoms with E-state index in [1.165, 1.54) is 24.3 Å². The van der Waals surface area contributed by atoms with E-state index in [0.29, 0.717) is 18.4 Å². The van der Waals surface area contributed by atoms with E-state index in [9.17, 15) is 19.1 Å². The lowest BCUT2D eigenvalue weighted by molar-refractivity contribution is -0.139. The number of rotatable bonds is 6. The van der Waals surface area contributed by atoms with Crippen molar-refractivity contribution in [3.05, 3.63) is 35.6 Å². The average Bonchev–Trinajstić information content (AvgIpc) is 2.99. The normalized spacial score (nSPS) is 17.5. The van der Waals surface area contributed by atoms with Crippen LogP contribution in [0, 0.1) is 11.7 Å². The van der Waals surface area contributed by atoms with Crippen molar-refractivity contribution in [2.75, 3.05) is 6.54 Å². The molecule has 1 saturated carbocycles. The average molecular weight is 336 g/mol. The molecule has 1 aliphatic carbocycles. The maximum absolute atomic E-state index is 12.9. The van der Waals surface area contributed by atoms with Crippen LogP contribution in [-0.2, 0) is 4.79 Å². The van der Waals surface area contributed by atoms with Crippen LogP contribution in [0.15, 0.2) is 24.3 Å². The Balaban J connectivity index is 1.93. The third kappa shape index (κ3) is 4.54. The molecular weight excluding hydrogens is 311 g/mol. The number of hydrogen-bond donors (Lipinski definition) is 3. The minimum Gasteiger partial charge on any atom is -0.380 e. The SMILES string of the molecule is CC(C)C(CNC(=O)C1(O)CCCC1)NC(=O)c1ccc(F)cc1. The molecule has 0 spiro atoms. The van der Waals surface area contributed by atoms with Crippen molar-refractivity contribution >= 4 is 11.8 Å². The first kappa shape index (κ1) is 18.4. The highest BCUT2D eigenvalue weighted by Gasteiger charge is 2.38. The Morgan fingerprint density at radius 3 is 2.33 bits per heavy atom. The summed E-state index contributed by atoms with van der Waals surface area (Å²) in [5, 5.41) is 15.9. The molecule has 5 nitrogen and oxygen atoms in total. The Labute approximate surface area is 141 Å². The summed E-state index contributed by atoms with van der Waals surface area (Å²) in [5.74, 6) is -0.999. The molecule has 2 amide bonds. The molecule has 0 radical (unpaired) electrons. The zero-order chi connectivity index (χ0) is 17.7. The van der Waals surface area contributed by atoms with Gasteiger partial charge < -0.3 is 15.7 Å². The van der Waals surface area contributed by atoms with Crippen molar-refractivity contribution in [1.82, 2.24) is 10.6 Å². The lowest BCUT2D eigenvalue weighted by Gasteiger charge is -2.26. The molecule has 24 heavy (non-hydrogen) atoms. The topological polar surface area (TPSA) is 78.4 Å². The summed E-state index contributed by atoms with van der Waals surface area (Å²) < 4.78 is 12.9. The summed E-state index contributed by atoms with van der Waals surface area (Å²) in [5.41, 5.74) is -0.912. The van der Waals surface area contributed by atoms with E-state index in [4.69, 9.17) is 0 Å². The van der Waals surface area contributed by atoms with Crippen LogP contribution in [0.4, 0.5) is 4.39 Å². The van der Waals surface area contributed by atoms with Crippen LogP contribution < -0.4 is 10.6 Å². The number of amides is 2. The van der Waals surface area contributed by atoms with Crippen LogP contribution in [-0.4, -0.2) is 35.1 Å². The molecule has 6 heteroatoms. The smallest absolute Gasteiger partial charge is 0.252 e. The zero-order valence-corrected chi connectivity index (χ0v) is 14.1. The first-order chi connectivity index (χ1) is 11.3. The lowest BCUT2D eigenvalue weighted by Crippen LogP contribution is -2.51. The fourth-order valence-electron chi connectivity index (χ4n) is 2.86. The molecule has 0 aromatic heterocycles. The van der Waals surface area contributed by atoms with Gasteiger partial charge in [0.25, 0.3) is 11.8 Å². The van der Waals surface area contributed by atoms with Gasteiger partial charge in [-0.15, -0.1) is 0 Å². The second kappa shape index (κ2) is 7.75. The molecule has 1 aromatic carbocycles. The van der Waals surface area contributed by atoms with Gasteiger partial charge in [0.1, 0.15) is 11.4 Å². The predicted octanol–water partition coefficient (Wildman–Crippen LogP) is 2.00. The fraction of sp³-hybridized carbons (Fsp3) is 0.556. The van der Waals surface area contributed by atoms with Crippen molar-refractivity contribution in [3.63, 3.8) is 0 Å². The van der Waals surface area contributed by atoms with Gasteiger partial charge in [0.2, 0.25) is 0 Å². The maximum Gasteiger partial charge on any atom is 0.252 e. The summed E-state index contributed by atoms with van der Waals surface area (Å²) in [6, 6.07) is 5.02. The summed E-state index contributed by atoms with van der Waals surface area (Å²) in [7, 11) is 0. The van der Waals surface area contributed by atoms with Crippen LogP contribution in [0.2, 0.25) is 0 Å². The Morgan fingerprint density at radius 1 is 1.21 bits per heavy atom. The van der Waals surface area contributed by atoms with Gasteiger partial charge in [-0.1, -0.05) is 13.8 Å². The lowest BCUT2D eigenvalue weighted by atomic mass is 10.00. The number of halogens is 1. The number of nitrogens with one attached hydrogen (secondary N) is 2. The second-order valence-electron chi connectivity index (χ2n) is 6.78. The maximum atomic E-state index is 12.9. The molecule has 3 N–H and O–H groups in total. The predicted molar refractivity (Wildman–Crippen MR) is 88.9 cm³/mol. The van der Waals surface area contributed by atoms with Gasteiger partial charge in [0.05, 0.1) is 0 Å². The molecule has 1 unspecified atom stereocenters. The highest BCUT2D eigenvalue weighted by atomic mass is 19.1. The first-order valence-corrected chi connectivity index (χ1v) is 8.39. The number of hydrogen-bond acceptors (Lipinski definition) is 3. The van der Waals surface area contributed by atoms with Crippen molar-refractivity contribution < 1.29 is 19.1 Å². The third-order valence-corrected chi connectivity index (χ3v) is 4.56. The minimum atomic E-state index is -1.28. The number of benzene rings is 1. The Hall–Kier alpha value is -1.95. The Morgan fingerprint density at radius 2 is 1.79 bits per heavy atom. The van der Waals surface area contributed by atoms with Gasteiger partial charge in [-0.2, -0.15) is 0 Å². The van der Waals surface area contributed by atoms with E-state index in [1.54, 1.807) is 0 Å². The molecule has 1 aromatic rings. The van der Waals surface area contributed by atoms with Crippen molar-refractivity contribution in [3.8, 4) is 0 Å². The summed E-state index contributed by atoms with van der Waals surface area (Å²) in [4.78, 5) is 24.4. The van der Waals surface area contributed by atoms with E-state index in [0.717, 1.165) is 12.8 Å². The standard InChI is InChI=1S/C18H25FN2O3/c1-12(2)15(11-20-17(23)18(24)9-3-4-10-18)21-16(22)13-5-7-14(19)8-6-13/h5-8,12,15,24H,3-4,9-11H2,1-2H3,(H,20,23)(H,21,22). The molecule has 0 heterocycles. The highest BCUT2D eigenvalue weighted by Crippen LogP contribution is 2.29. The van der Waals surface area contributed by atoms with Gasteiger partial charge >= 0.3 is 0 Å². The Kier molecular flexibility index (Phi) is 5.94. The molecule has 1 atom stereocenters. The third-order valence-electron chi connectivity index (χ3n) is 4.56. The van der Waals surface area contributed by atoms with E-state index >= 15 is 0 Å². The molecule has 1 fully saturated rings. The van der Waals surface area contributed by atoms with Crippen molar-refractivity contribution in [2.24, 2.45) is 5.92 Å². The molecular formula is C18H25FN2O3. The van der Waals surface area contributed by atoms with Gasteiger partial charge in [-0.25, -0.2) is 4.39 Å². The van der Waals surface area contributed by atoms with Crippen molar-refractivity contribution in [2.45, 2.75) is 51.2 Å². The number of carbonyl (C=O) groups excluding carboxylic acids is 2. The summed E-state index contributed by atoms with van der Waals surface area (Å²) in [6.07, 6.45) is 2.65. The second-order valence-corrected chi connectivity index (χ2v) is 6.78.